The number of carbonyl (C=O) groups is 1. The molecule has 6 nitrogen and oxygen atoms in total. The standard InChI is InChI=1S/C13H13N5O/c14-7-4-8-18(10-5-2-1-3-6-10)13(19)12-11(15)9-16-17-12/h1-3,5-6,9H,4,8,15H2,(H,16,17). The largest absolute Gasteiger partial charge is 0.396 e. The maximum absolute atomic E-state index is 12.4. The lowest BCUT2D eigenvalue weighted by atomic mass is 10.2. The number of H-pyrrole nitrogens is 1. The number of nitrogens with one attached hydrogen (secondary N) is 1. The van der Waals surface area contributed by atoms with Crippen LogP contribution in [0.25, 0.3) is 0 Å². The topological polar surface area (TPSA) is 98.8 Å². The maximum Gasteiger partial charge on any atom is 0.278 e. The van der Waals surface area contributed by atoms with Crippen LogP contribution in [-0.2, 0) is 0 Å². The van der Waals surface area contributed by atoms with E-state index in [0.717, 1.165) is 5.69 Å². The third kappa shape index (κ3) is 2.72. The molecule has 1 aromatic carbocycles. The second kappa shape index (κ2) is 5.69. The van der Waals surface area contributed by atoms with Crippen LogP contribution in [0, 0.1) is 11.3 Å². The summed E-state index contributed by atoms with van der Waals surface area (Å²) < 4.78 is 0. The number of aromatic nitrogens is 2. The first-order valence-corrected chi connectivity index (χ1v) is 5.76. The van der Waals surface area contributed by atoms with Gasteiger partial charge in [-0.25, -0.2) is 0 Å². The molecule has 0 bridgehead atoms. The quantitative estimate of drug-likeness (QED) is 0.865. The van der Waals surface area contributed by atoms with E-state index >= 15 is 0 Å². The second-order valence-electron chi connectivity index (χ2n) is 3.90. The Kier molecular flexibility index (Phi) is 3.78. The summed E-state index contributed by atoms with van der Waals surface area (Å²) in [5, 5.41) is 15.0. The SMILES string of the molecule is N#CCCN(C(=O)c1[nH]ncc1N)c1ccccc1. The van der Waals surface area contributed by atoms with E-state index in [1.54, 1.807) is 0 Å². The van der Waals surface area contributed by atoms with Gasteiger partial charge in [0.05, 0.1) is 24.4 Å². The molecule has 0 spiro atoms. The van der Waals surface area contributed by atoms with Gasteiger partial charge in [-0.3, -0.25) is 9.89 Å². The van der Waals surface area contributed by atoms with Crippen molar-refractivity contribution in [2.24, 2.45) is 0 Å². The molecule has 1 aromatic heterocycles. The Morgan fingerprint density at radius 3 is 2.74 bits per heavy atom. The first-order chi connectivity index (χ1) is 9.24. The molecule has 0 unspecified atom stereocenters. The van der Waals surface area contributed by atoms with E-state index in [0.29, 0.717) is 12.2 Å². The van der Waals surface area contributed by atoms with E-state index in [9.17, 15) is 4.79 Å². The summed E-state index contributed by atoms with van der Waals surface area (Å²) in [6, 6.07) is 11.2. The highest BCUT2D eigenvalue weighted by atomic mass is 16.2. The number of rotatable bonds is 4. The number of hydrogen-bond donors (Lipinski definition) is 2. The maximum atomic E-state index is 12.4. The fourth-order valence-corrected chi connectivity index (χ4v) is 1.72. The monoisotopic (exact) mass is 255 g/mol. The first kappa shape index (κ1) is 12.6. The number of nitrogens with zero attached hydrogens (tertiary/aromatic N) is 3. The Labute approximate surface area is 110 Å². The predicted molar refractivity (Wildman–Crippen MR) is 71.3 cm³/mol. The van der Waals surface area contributed by atoms with Crippen molar-refractivity contribution < 1.29 is 4.79 Å². The van der Waals surface area contributed by atoms with E-state index in [-0.39, 0.29) is 18.0 Å². The van der Waals surface area contributed by atoms with Gasteiger partial charge in [0, 0.05) is 12.2 Å². The lowest BCUT2D eigenvalue weighted by Crippen LogP contribution is -2.32. The van der Waals surface area contributed by atoms with Gasteiger partial charge in [0.1, 0.15) is 5.69 Å². The minimum absolute atomic E-state index is 0.238. The Morgan fingerprint density at radius 2 is 2.16 bits per heavy atom. The zero-order chi connectivity index (χ0) is 13.7. The van der Waals surface area contributed by atoms with E-state index in [4.69, 9.17) is 11.0 Å². The van der Waals surface area contributed by atoms with Crippen LogP contribution in [0.3, 0.4) is 0 Å². The zero-order valence-corrected chi connectivity index (χ0v) is 10.2. The van der Waals surface area contributed by atoms with Crippen LogP contribution in [0.15, 0.2) is 36.5 Å². The molecule has 96 valence electrons. The normalized spacial score (nSPS) is 9.84. The summed E-state index contributed by atoms with van der Waals surface area (Å²) in [6.45, 7) is 0.303. The second-order valence-corrected chi connectivity index (χ2v) is 3.90. The number of hydrogen-bond acceptors (Lipinski definition) is 4. The molecule has 0 saturated heterocycles. The molecule has 2 aromatic rings. The lowest BCUT2D eigenvalue weighted by molar-refractivity contribution is 0.0983. The molecular formula is C13H13N5O. The molecule has 1 heterocycles. The molecular weight excluding hydrogens is 242 g/mol. The van der Waals surface area contributed by atoms with Crippen molar-refractivity contribution in [2.45, 2.75) is 6.42 Å². The Hall–Kier alpha value is -2.81. The molecule has 3 N–H and O–H groups in total. The van der Waals surface area contributed by atoms with Crippen LogP contribution in [0.2, 0.25) is 0 Å². The van der Waals surface area contributed by atoms with Gasteiger partial charge in [0.2, 0.25) is 0 Å². The van der Waals surface area contributed by atoms with Crippen molar-refractivity contribution in [1.29, 1.82) is 5.26 Å². The highest BCUT2D eigenvalue weighted by molar-refractivity contribution is 6.07. The van der Waals surface area contributed by atoms with Gasteiger partial charge in [0.15, 0.2) is 0 Å². The molecule has 0 saturated carbocycles. The molecule has 0 atom stereocenters. The molecule has 0 radical (unpaired) electrons. The van der Waals surface area contributed by atoms with Crippen LogP contribution >= 0.6 is 0 Å². The van der Waals surface area contributed by atoms with Crippen LogP contribution in [0.1, 0.15) is 16.9 Å². The average Bonchev–Trinajstić information content (AvgIpc) is 2.86. The number of carbonyl (C=O) groups excluding carboxylic acids is 1. The smallest absolute Gasteiger partial charge is 0.278 e. The number of anilines is 2. The third-order valence-electron chi connectivity index (χ3n) is 2.64. The lowest BCUT2D eigenvalue weighted by Gasteiger charge is -2.21. The van der Waals surface area contributed by atoms with Crippen molar-refractivity contribution in [3.8, 4) is 6.07 Å². The average molecular weight is 255 g/mol. The summed E-state index contributed by atoms with van der Waals surface area (Å²) in [5.74, 6) is -0.295. The number of benzene rings is 1. The van der Waals surface area contributed by atoms with Crippen molar-refractivity contribution >= 4 is 17.3 Å². The van der Waals surface area contributed by atoms with Gasteiger partial charge in [-0.2, -0.15) is 10.4 Å². The highest BCUT2D eigenvalue weighted by Gasteiger charge is 2.20. The molecule has 0 fully saturated rings. The third-order valence-corrected chi connectivity index (χ3v) is 2.64. The summed E-state index contributed by atoms with van der Waals surface area (Å²) in [7, 11) is 0. The molecule has 1 amide bonds. The van der Waals surface area contributed by atoms with Gasteiger partial charge in [-0.05, 0) is 12.1 Å². The first-order valence-electron chi connectivity index (χ1n) is 5.76. The number of nitrogen functional groups attached to an aromatic ring is 1. The summed E-state index contributed by atoms with van der Waals surface area (Å²) in [4.78, 5) is 13.9. The zero-order valence-electron chi connectivity index (χ0n) is 10.2. The van der Waals surface area contributed by atoms with Crippen molar-refractivity contribution in [3.05, 3.63) is 42.2 Å². The Bertz CT molecular complexity index is 599. The van der Waals surface area contributed by atoms with Crippen LogP contribution < -0.4 is 10.6 Å². The Morgan fingerprint density at radius 1 is 1.42 bits per heavy atom. The van der Waals surface area contributed by atoms with Crippen molar-refractivity contribution in [3.63, 3.8) is 0 Å². The molecule has 0 aliphatic rings. The fourth-order valence-electron chi connectivity index (χ4n) is 1.72. The van der Waals surface area contributed by atoms with Crippen LogP contribution in [0.4, 0.5) is 11.4 Å². The molecule has 6 heteroatoms. The van der Waals surface area contributed by atoms with Gasteiger partial charge in [-0.1, -0.05) is 18.2 Å². The van der Waals surface area contributed by atoms with Gasteiger partial charge < -0.3 is 10.6 Å². The highest BCUT2D eigenvalue weighted by Crippen LogP contribution is 2.18. The van der Waals surface area contributed by atoms with E-state index in [2.05, 4.69) is 10.2 Å². The van der Waals surface area contributed by atoms with Crippen LogP contribution in [0.5, 0.6) is 0 Å². The van der Waals surface area contributed by atoms with Crippen molar-refractivity contribution in [1.82, 2.24) is 10.2 Å². The van der Waals surface area contributed by atoms with E-state index < -0.39 is 0 Å². The predicted octanol–water partition coefficient (Wildman–Crippen LogP) is 1.55. The van der Waals surface area contributed by atoms with E-state index in [1.807, 2.05) is 36.4 Å². The van der Waals surface area contributed by atoms with E-state index in [1.165, 1.54) is 11.1 Å². The molecule has 2 rings (SSSR count). The number of para-hydroxylation sites is 1. The molecule has 0 aliphatic carbocycles. The Balaban J connectivity index is 2.31. The number of aromatic amines is 1. The number of amides is 1. The number of nitrogens with two attached hydrogens (primary N) is 1. The number of nitriles is 1. The minimum Gasteiger partial charge on any atom is -0.396 e. The van der Waals surface area contributed by atoms with Gasteiger partial charge in [0.25, 0.3) is 5.91 Å². The van der Waals surface area contributed by atoms with Gasteiger partial charge in [-0.15, -0.1) is 0 Å². The summed E-state index contributed by atoms with van der Waals surface area (Å²) >= 11 is 0. The van der Waals surface area contributed by atoms with Gasteiger partial charge >= 0.3 is 0 Å². The fraction of sp³-hybridized carbons (Fsp3) is 0.154. The summed E-state index contributed by atoms with van der Waals surface area (Å²) in [5.41, 5.74) is 6.93. The minimum atomic E-state index is -0.295. The van der Waals surface area contributed by atoms with Crippen molar-refractivity contribution in [2.75, 3.05) is 17.2 Å². The molecule has 19 heavy (non-hydrogen) atoms. The molecule has 0 aliphatic heterocycles. The summed E-state index contributed by atoms with van der Waals surface area (Å²) in [6.07, 6.45) is 1.63. The van der Waals surface area contributed by atoms with Crippen LogP contribution in [-0.4, -0.2) is 22.6 Å².